The summed E-state index contributed by atoms with van der Waals surface area (Å²) in [5, 5.41) is 4.10. The number of nitrogens with zero attached hydrogens (tertiary/aromatic N) is 4. The van der Waals surface area contributed by atoms with Crippen LogP contribution in [0.15, 0.2) is 42.0 Å². The molecule has 0 aliphatic rings. The minimum Gasteiger partial charge on any atom is -0.310 e. The predicted octanol–water partition coefficient (Wildman–Crippen LogP) is 3.12. The summed E-state index contributed by atoms with van der Waals surface area (Å²) in [6.07, 6.45) is 3.24. The molecular formula is C16H14F2N4OS. The van der Waals surface area contributed by atoms with Gasteiger partial charge in [0.15, 0.2) is 16.3 Å². The number of hydrogen-bond donors (Lipinski definition) is 0. The Bertz CT molecular complexity index is 999. The van der Waals surface area contributed by atoms with Gasteiger partial charge < -0.3 is 4.57 Å². The molecule has 0 spiro atoms. The van der Waals surface area contributed by atoms with Gasteiger partial charge in [-0.25, -0.2) is 8.78 Å². The predicted molar refractivity (Wildman–Crippen MR) is 87.7 cm³/mol. The van der Waals surface area contributed by atoms with E-state index in [-0.39, 0.29) is 22.6 Å². The van der Waals surface area contributed by atoms with Crippen LogP contribution in [0.2, 0.25) is 0 Å². The van der Waals surface area contributed by atoms with E-state index >= 15 is 0 Å². The minimum absolute atomic E-state index is 0.200. The lowest BCUT2D eigenvalue weighted by Gasteiger charge is -2.02. The highest BCUT2D eigenvalue weighted by atomic mass is 32.1. The van der Waals surface area contributed by atoms with E-state index < -0.39 is 17.5 Å². The van der Waals surface area contributed by atoms with Crippen LogP contribution < -0.4 is 4.80 Å². The number of amides is 1. The van der Waals surface area contributed by atoms with Gasteiger partial charge in [0.1, 0.15) is 5.82 Å². The van der Waals surface area contributed by atoms with Crippen molar-refractivity contribution in [3.8, 4) is 0 Å². The summed E-state index contributed by atoms with van der Waals surface area (Å²) in [5.41, 5.74) is 0.401. The maximum absolute atomic E-state index is 14.1. The summed E-state index contributed by atoms with van der Waals surface area (Å²) < 4.78 is 31.0. The maximum atomic E-state index is 14.1. The molecule has 8 heteroatoms. The van der Waals surface area contributed by atoms with E-state index in [2.05, 4.69) is 16.7 Å². The summed E-state index contributed by atoms with van der Waals surface area (Å²) in [4.78, 5) is 16.6. The lowest BCUT2D eigenvalue weighted by atomic mass is 10.3. The molecule has 0 saturated carbocycles. The zero-order valence-electron chi connectivity index (χ0n) is 12.9. The summed E-state index contributed by atoms with van der Waals surface area (Å²) in [6.45, 7) is 6.41. The molecule has 3 aromatic rings. The van der Waals surface area contributed by atoms with Crippen LogP contribution in [-0.4, -0.2) is 20.3 Å². The van der Waals surface area contributed by atoms with E-state index in [1.54, 1.807) is 23.0 Å². The number of allylic oxidation sites excluding steroid dienone is 1. The zero-order chi connectivity index (χ0) is 17.3. The van der Waals surface area contributed by atoms with Gasteiger partial charge in [-0.1, -0.05) is 17.4 Å². The fraction of sp³-hybridized carbons (Fsp3) is 0.188. The first-order valence-corrected chi connectivity index (χ1v) is 8.07. The van der Waals surface area contributed by atoms with E-state index in [9.17, 15) is 13.6 Å². The molecule has 2 heterocycles. The van der Waals surface area contributed by atoms with Gasteiger partial charge in [0.2, 0.25) is 0 Å². The second-order valence-corrected chi connectivity index (χ2v) is 6.00. The molecule has 3 rings (SSSR count). The third kappa shape index (κ3) is 2.92. The normalized spacial score (nSPS) is 12.0. The molecule has 0 bridgehead atoms. The number of carbonyl (C=O) groups excluding carboxylic acids is 1. The molecule has 0 N–H and O–H groups in total. The van der Waals surface area contributed by atoms with Crippen LogP contribution in [-0.2, 0) is 13.1 Å². The van der Waals surface area contributed by atoms with Gasteiger partial charge in [0, 0.05) is 25.4 Å². The fourth-order valence-corrected chi connectivity index (χ4v) is 3.39. The third-order valence-electron chi connectivity index (χ3n) is 3.39. The largest absolute Gasteiger partial charge is 0.310 e. The molecule has 0 aliphatic carbocycles. The van der Waals surface area contributed by atoms with E-state index in [4.69, 9.17) is 0 Å². The Morgan fingerprint density at radius 2 is 2.25 bits per heavy atom. The second-order valence-electron chi connectivity index (χ2n) is 4.99. The van der Waals surface area contributed by atoms with Crippen molar-refractivity contribution >= 4 is 27.5 Å². The number of carbonyl (C=O) groups is 1. The van der Waals surface area contributed by atoms with Gasteiger partial charge in [0.05, 0.1) is 10.2 Å². The molecule has 124 valence electrons. The molecule has 0 unspecified atom stereocenters. The highest BCUT2D eigenvalue weighted by Gasteiger charge is 2.14. The number of rotatable bonds is 4. The molecule has 24 heavy (non-hydrogen) atoms. The zero-order valence-corrected chi connectivity index (χ0v) is 13.7. The highest BCUT2D eigenvalue weighted by Crippen LogP contribution is 2.22. The number of aromatic nitrogens is 3. The molecule has 5 nitrogen and oxygen atoms in total. The number of halogens is 2. The first-order valence-electron chi connectivity index (χ1n) is 7.25. The van der Waals surface area contributed by atoms with Crippen LogP contribution in [0.1, 0.15) is 17.4 Å². The summed E-state index contributed by atoms with van der Waals surface area (Å²) >= 11 is 1.04. The van der Waals surface area contributed by atoms with E-state index in [1.807, 2.05) is 6.92 Å². The van der Waals surface area contributed by atoms with Crippen LogP contribution in [0.5, 0.6) is 0 Å². The van der Waals surface area contributed by atoms with Gasteiger partial charge in [0.25, 0.3) is 5.91 Å². The van der Waals surface area contributed by atoms with Crippen molar-refractivity contribution < 1.29 is 13.6 Å². The van der Waals surface area contributed by atoms with Crippen molar-refractivity contribution in [2.45, 2.75) is 20.0 Å². The third-order valence-corrected chi connectivity index (χ3v) is 4.41. The lowest BCUT2D eigenvalue weighted by molar-refractivity contribution is 0.0992. The standard InChI is InChI=1S/C16H14F2N4OS/c1-3-6-22-14-11(18)8-10(17)9-13(14)24-16(22)19-15(23)12-5-7-21(4-2)20-12/h3,5,7-9H,1,4,6H2,2H3. The monoisotopic (exact) mass is 348 g/mol. The molecule has 1 amide bonds. The lowest BCUT2D eigenvalue weighted by Crippen LogP contribution is -2.17. The summed E-state index contributed by atoms with van der Waals surface area (Å²) in [7, 11) is 0. The Kier molecular flexibility index (Phi) is 4.39. The van der Waals surface area contributed by atoms with Crippen molar-refractivity contribution in [1.29, 1.82) is 0 Å². The summed E-state index contributed by atoms with van der Waals surface area (Å²) in [5.74, 6) is -1.91. The first-order chi connectivity index (χ1) is 11.5. The Morgan fingerprint density at radius 1 is 1.46 bits per heavy atom. The first kappa shape index (κ1) is 16.3. The van der Waals surface area contributed by atoms with Crippen LogP contribution in [0.4, 0.5) is 8.78 Å². The topological polar surface area (TPSA) is 52.2 Å². The molecule has 1 aromatic carbocycles. The number of aryl methyl sites for hydroxylation is 1. The highest BCUT2D eigenvalue weighted by molar-refractivity contribution is 7.16. The quantitative estimate of drug-likeness (QED) is 0.680. The van der Waals surface area contributed by atoms with Crippen molar-refractivity contribution in [2.75, 3.05) is 0 Å². The van der Waals surface area contributed by atoms with Crippen LogP contribution in [0.3, 0.4) is 0 Å². The van der Waals surface area contributed by atoms with Crippen LogP contribution in [0, 0.1) is 11.6 Å². The molecule has 0 aliphatic heterocycles. The smallest absolute Gasteiger partial charge is 0.300 e. The average molecular weight is 348 g/mol. The van der Waals surface area contributed by atoms with Gasteiger partial charge in [-0.05, 0) is 19.1 Å². The van der Waals surface area contributed by atoms with E-state index in [0.717, 1.165) is 17.4 Å². The minimum atomic E-state index is -0.702. The van der Waals surface area contributed by atoms with Gasteiger partial charge in [-0.15, -0.1) is 6.58 Å². The second kappa shape index (κ2) is 6.48. The Balaban J connectivity index is 2.17. The Morgan fingerprint density at radius 3 is 2.92 bits per heavy atom. The van der Waals surface area contributed by atoms with Gasteiger partial charge in [-0.2, -0.15) is 10.1 Å². The maximum Gasteiger partial charge on any atom is 0.300 e. The molecule has 2 aromatic heterocycles. The molecule has 0 radical (unpaired) electrons. The number of thiazole rings is 1. The summed E-state index contributed by atoms with van der Waals surface area (Å²) in [6, 6.07) is 3.60. The van der Waals surface area contributed by atoms with Gasteiger partial charge >= 0.3 is 0 Å². The van der Waals surface area contributed by atoms with Crippen molar-refractivity contribution in [3.05, 3.63) is 59.2 Å². The molecule has 0 saturated heterocycles. The SMILES string of the molecule is C=CCn1c(=NC(=O)c2ccn(CC)n2)sc2cc(F)cc(F)c21. The van der Waals surface area contributed by atoms with E-state index in [0.29, 0.717) is 11.2 Å². The van der Waals surface area contributed by atoms with Crippen molar-refractivity contribution in [2.24, 2.45) is 4.99 Å². The number of hydrogen-bond acceptors (Lipinski definition) is 3. The number of benzene rings is 1. The van der Waals surface area contributed by atoms with Crippen LogP contribution >= 0.6 is 11.3 Å². The van der Waals surface area contributed by atoms with Crippen molar-refractivity contribution in [3.63, 3.8) is 0 Å². The number of fused-ring (bicyclic) bond motifs is 1. The van der Waals surface area contributed by atoms with Crippen LogP contribution in [0.25, 0.3) is 10.2 Å². The van der Waals surface area contributed by atoms with E-state index in [1.165, 1.54) is 10.6 Å². The van der Waals surface area contributed by atoms with Crippen molar-refractivity contribution in [1.82, 2.24) is 14.3 Å². The molecule has 0 atom stereocenters. The average Bonchev–Trinajstić information content (AvgIpc) is 3.13. The molecular weight excluding hydrogens is 334 g/mol. The van der Waals surface area contributed by atoms with Gasteiger partial charge in [-0.3, -0.25) is 9.48 Å². The Hall–Kier alpha value is -2.61. The molecule has 0 fully saturated rings. The fourth-order valence-electron chi connectivity index (χ4n) is 2.31. The Labute approximate surface area is 140 Å².